The molecule has 0 aliphatic carbocycles. The first-order valence-electron chi connectivity index (χ1n) is 9.31. The summed E-state index contributed by atoms with van der Waals surface area (Å²) in [5.41, 5.74) is 1.06. The maximum Gasteiger partial charge on any atom is 0.173 e. The van der Waals surface area contributed by atoms with Crippen LogP contribution >= 0.6 is 0 Å². The molecule has 1 atom stereocenters. The first kappa shape index (κ1) is 18.8. The van der Waals surface area contributed by atoms with Crippen molar-refractivity contribution in [3.63, 3.8) is 0 Å². The Morgan fingerprint density at radius 3 is 2.35 bits per heavy atom. The number of rotatable bonds is 6. The van der Waals surface area contributed by atoms with E-state index in [0.717, 1.165) is 44.2 Å². The molecular weight excluding hydrogens is 328 g/mol. The molecule has 0 spiro atoms. The van der Waals surface area contributed by atoms with E-state index in [1.165, 1.54) is 5.56 Å². The van der Waals surface area contributed by atoms with Crippen LogP contribution in [0.25, 0.3) is 0 Å². The highest BCUT2D eigenvalue weighted by Crippen LogP contribution is 2.32. The number of nitrogens with zero attached hydrogens (tertiary/aromatic N) is 6. The van der Waals surface area contributed by atoms with Gasteiger partial charge in [-0.25, -0.2) is 4.68 Å². The smallest absolute Gasteiger partial charge is 0.173 e. The van der Waals surface area contributed by atoms with E-state index in [4.69, 9.17) is 4.74 Å². The molecule has 0 saturated carbocycles. The van der Waals surface area contributed by atoms with Crippen LogP contribution < -0.4 is 4.74 Å². The van der Waals surface area contributed by atoms with E-state index in [2.05, 4.69) is 65.3 Å². The molecule has 1 aromatic heterocycles. The van der Waals surface area contributed by atoms with Crippen LogP contribution in [0.5, 0.6) is 5.75 Å². The van der Waals surface area contributed by atoms with Gasteiger partial charge in [0, 0.05) is 26.2 Å². The zero-order valence-electron chi connectivity index (χ0n) is 16.5. The summed E-state index contributed by atoms with van der Waals surface area (Å²) in [6, 6.07) is 8.31. The van der Waals surface area contributed by atoms with Crippen molar-refractivity contribution in [2.75, 3.05) is 40.3 Å². The van der Waals surface area contributed by atoms with Gasteiger partial charge in [0.25, 0.3) is 0 Å². The zero-order chi connectivity index (χ0) is 18.7. The van der Waals surface area contributed by atoms with Gasteiger partial charge in [-0.2, -0.15) is 0 Å². The number of methoxy groups -OCH3 is 1. The second kappa shape index (κ2) is 7.72. The molecule has 2 aromatic rings. The predicted molar refractivity (Wildman–Crippen MR) is 101 cm³/mol. The maximum absolute atomic E-state index is 5.33. The SMILES string of the molecule is CCC(C)(C)n1nnnc1[C@@H](c1ccc(OC)cc1)N1CCN(C)CC1. The van der Waals surface area contributed by atoms with E-state index >= 15 is 0 Å². The fourth-order valence-electron chi connectivity index (χ4n) is 3.33. The summed E-state index contributed by atoms with van der Waals surface area (Å²) in [5, 5.41) is 12.8. The topological polar surface area (TPSA) is 59.3 Å². The molecular formula is C19H30N6O. The number of hydrogen-bond acceptors (Lipinski definition) is 6. The highest BCUT2D eigenvalue weighted by Gasteiger charge is 2.33. The van der Waals surface area contributed by atoms with Crippen LogP contribution in [-0.2, 0) is 5.54 Å². The van der Waals surface area contributed by atoms with E-state index in [1.807, 2.05) is 16.8 Å². The Bertz CT molecular complexity index is 703. The summed E-state index contributed by atoms with van der Waals surface area (Å²) in [6.07, 6.45) is 0.961. The Hall–Kier alpha value is -1.99. The molecule has 7 heteroatoms. The van der Waals surface area contributed by atoms with Crippen LogP contribution in [0.15, 0.2) is 24.3 Å². The first-order valence-corrected chi connectivity index (χ1v) is 9.31. The average Bonchev–Trinajstić information content (AvgIpc) is 3.14. The van der Waals surface area contributed by atoms with Crippen molar-refractivity contribution < 1.29 is 4.74 Å². The Morgan fingerprint density at radius 1 is 1.12 bits per heavy atom. The Morgan fingerprint density at radius 2 is 1.77 bits per heavy atom. The normalized spacial score (nSPS) is 18.0. The predicted octanol–water partition coefficient (Wildman–Crippen LogP) is 2.16. The molecule has 0 radical (unpaired) electrons. The van der Waals surface area contributed by atoms with Crippen molar-refractivity contribution in [1.29, 1.82) is 0 Å². The molecule has 0 N–H and O–H groups in total. The molecule has 1 aliphatic heterocycles. The van der Waals surface area contributed by atoms with Gasteiger partial charge in [0.05, 0.1) is 18.7 Å². The minimum atomic E-state index is -0.129. The van der Waals surface area contributed by atoms with Crippen LogP contribution in [0.3, 0.4) is 0 Å². The molecule has 0 bridgehead atoms. The molecule has 0 amide bonds. The standard InChI is InChI=1S/C19H30N6O/c1-6-19(2,3)25-18(20-21-22-25)17(24-13-11-23(4)12-14-24)15-7-9-16(26-5)10-8-15/h7-10,17H,6,11-14H2,1-5H3/t17-/m1/s1. The maximum atomic E-state index is 5.33. The van der Waals surface area contributed by atoms with E-state index < -0.39 is 0 Å². The molecule has 0 unspecified atom stereocenters. The number of likely N-dealkylation sites (N-methyl/N-ethyl adjacent to an activating group) is 1. The quantitative estimate of drug-likeness (QED) is 0.789. The van der Waals surface area contributed by atoms with E-state index in [-0.39, 0.29) is 11.6 Å². The highest BCUT2D eigenvalue weighted by molar-refractivity contribution is 5.32. The van der Waals surface area contributed by atoms with Crippen LogP contribution in [0.2, 0.25) is 0 Å². The van der Waals surface area contributed by atoms with Gasteiger partial charge in [-0.1, -0.05) is 19.1 Å². The van der Waals surface area contributed by atoms with Crippen molar-refractivity contribution in [2.24, 2.45) is 0 Å². The molecule has 7 nitrogen and oxygen atoms in total. The molecule has 2 heterocycles. The minimum absolute atomic E-state index is 0.0374. The second-order valence-corrected chi connectivity index (χ2v) is 7.63. The van der Waals surface area contributed by atoms with E-state index in [1.54, 1.807) is 7.11 Å². The van der Waals surface area contributed by atoms with Gasteiger partial charge < -0.3 is 9.64 Å². The van der Waals surface area contributed by atoms with Crippen LogP contribution in [-0.4, -0.2) is 70.3 Å². The van der Waals surface area contributed by atoms with Gasteiger partial charge in [-0.15, -0.1) is 5.10 Å². The second-order valence-electron chi connectivity index (χ2n) is 7.63. The van der Waals surface area contributed by atoms with Crippen molar-refractivity contribution in [2.45, 2.75) is 38.8 Å². The molecule has 142 valence electrons. The lowest BCUT2D eigenvalue weighted by Crippen LogP contribution is -2.47. The number of tetrazole rings is 1. The summed E-state index contributed by atoms with van der Waals surface area (Å²) in [4.78, 5) is 4.84. The van der Waals surface area contributed by atoms with Gasteiger partial charge in [-0.3, -0.25) is 4.90 Å². The summed E-state index contributed by atoms with van der Waals surface area (Å²) in [6.45, 7) is 10.6. The van der Waals surface area contributed by atoms with E-state index in [0.29, 0.717) is 0 Å². The van der Waals surface area contributed by atoms with Crippen molar-refractivity contribution >= 4 is 0 Å². The number of hydrogen-bond donors (Lipinski definition) is 0. The third kappa shape index (κ3) is 3.73. The van der Waals surface area contributed by atoms with Crippen molar-refractivity contribution in [1.82, 2.24) is 30.0 Å². The van der Waals surface area contributed by atoms with Gasteiger partial charge in [0.15, 0.2) is 5.82 Å². The summed E-state index contributed by atoms with van der Waals surface area (Å²) < 4.78 is 7.33. The average molecular weight is 358 g/mol. The lowest BCUT2D eigenvalue weighted by molar-refractivity contribution is 0.117. The number of ether oxygens (including phenoxy) is 1. The Kier molecular flexibility index (Phi) is 5.58. The minimum Gasteiger partial charge on any atom is -0.497 e. The lowest BCUT2D eigenvalue weighted by Gasteiger charge is -2.38. The van der Waals surface area contributed by atoms with Crippen LogP contribution in [0, 0.1) is 0 Å². The zero-order valence-corrected chi connectivity index (χ0v) is 16.5. The third-order valence-electron chi connectivity index (χ3n) is 5.51. The Balaban J connectivity index is 2.02. The number of benzene rings is 1. The highest BCUT2D eigenvalue weighted by atomic mass is 16.5. The lowest BCUT2D eigenvalue weighted by atomic mass is 9.99. The molecule has 1 aromatic carbocycles. The number of aromatic nitrogens is 4. The summed E-state index contributed by atoms with van der Waals surface area (Å²) >= 11 is 0. The van der Waals surface area contributed by atoms with Crippen molar-refractivity contribution in [3.8, 4) is 5.75 Å². The monoisotopic (exact) mass is 358 g/mol. The van der Waals surface area contributed by atoms with Crippen LogP contribution in [0.1, 0.15) is 44.6 Å². The first-order chi connectivity index (χ1) is 12.5. The fourth-order valence-corrected chi connectivity index (χ4v) is 3.33. The van der Waals surface area contributed by atoms with Gasteiger partial charge >= 0.3 is 0 Å². The molecule has 1 aliphatic rings. The van der Waals surface area contributed by atoms with Crippen molar-refractivity contribution in [3.05, 3.63) is 35.7 Å². The van der Waals surface area contributed by atoms with Crippen LogP contribution in [0.4, 0.5) is 0 Å². The molecule has 26 heavy (non-hydrogen) atoms. The van der Waals surface area contributed by atoms with Gasteiger partial charge in [0.2, 0.25) is 0 Å². The third-order valence-corrected chi connectivity index (χ3v) is 5.51. The fraction of sp³-hybridized carbons (Fsp3) is 0.632. The largest absolute Gasteiger partial charge is 0.497 e. The molecule has 1 fully saturated rings. The Labute approximate surface area is 155 Å². The number of piperazine rings is 1. The molecule has 1 saturated heterocycles. The summed E-state index contributed by atoms with van der Waals surface area (Å²) in [7, 11) is 3.86. The van der Waals surface area contributed by atoms with E-state index in [9.17, 15) is 0 Å². The summed E-state index contributed by atoms with van der Waals surface area (Å²) in [5.74, 6) is 1.77. The van der Waals surface area contributed by atoms with Gasteiger partial charge in [0.1, 0.15) is 5.75 Å². The van der Waals surface area contributed by atoms with Gasteiger partial charge in [-0.05, 0) is 55.4 Å². The molecule has 3 rings (SSSR count).